The molecule has 0 saturated carbocycles. The number of thiocarbonyl (C=S) groups is 2. The number of thioether (sulfide) groups is 2. The van der Waals surface area contributed by atoms with Gasteiger partial charge < -0.3 is 10.6 Å². The molecule has 126 valence electrons. The predicted octanol–water partition coefficient (Wildman–Crippen LogP) is 5.25. The normalized spacial score (nSPS) is 16.8. The molecule has 0 unspecified atom stereocenters. The van der Waals surface area contributed by atoms with Gasteiger partial charge in [0.15, 0.2) is 0 Å². The van der Waals surface area contributed by atoms with Crippen molar-refractivity contribution < 1.29 is 0 Å². The van der Waals surface area contributed by atoms with Crippen LogP contribution in [0.3, 0.4) is 0 Å². The van der Waals surface area contributed by atoms with E-state index < -0.39 is 0 Å². The molecule has 0 radical (unpaired) electrons. The first kappa shape index (κ1) is 19.2. The van der Waals surface area contributed by atoms with Crippen molar-refractivity contribution in [3.8, 4) is 0 Å². The number of hydrogen-bond donors (Lipinski definition) is 2. The van der Waals surface area contributed by atoms with E-state index in [0.29, 0.717) is 6.04 Å². The van der Waals surface area contributed by atoms with E-state index in [2.05, 4.69) is 53.1 Å². The van der Waals surface area contributed by atoms with Gasteiger partial charge in [-0.1, -0.05) is 66.9 Å². The summed E-state index contributed by atoms with van der Waals surface area (Å²) in [6.45, 7) is 0. The van der Waals surface area contributed by atoms with E-state index >= 15 is 0 Å². The molecule has 0 fully saturated rings. The molecular formula is C18H20N2S4. The first-order valence-electron chi connectivity index (χ1n) is 7.46. The van der Waals surface area contributed by atoms with Gasteiger partial charge in [0.1, 0.15) is 8.64 Å². The third kappa shape index (κ3) is 6.43. The van der Waals surface area contributed by atoms with Crippen LogP contribution >= 0.6 is 48.0 Å². The highest BCUT2D eigenvalue weighted by Crippen LogP contribution is 2.16. The summed E-state index contributed by atoms with van der Waals surface area (Å²) in [6.07, 6.45) is 15.7. The van der Waals surface area contributed by atoms with E-state index in [4.69, 9.17) is 24.4 Å². The first-order valence-corrected chi connectivity index (χ1v) is 10.7. The Kier molecular flexibility index (Phi) is 8.05. The minimum absolute atomic E-state index is 0.299. The lowest BCUT2D eigenvalue weighted by atomic mass is 10.0. The van der Waals surface area contributed by atoms with Gasteiger partial charge in [-0.05, 0) is 42.2 Å². The lowest BCUT2D eigenvalue weighted by Gasteiger charge is -2.17. The van der Waals surface area contributed by atoms with Crippen LogP contribution in [-0.2, 0) is 0 Å². The fourth-order valence-corrected chi connectivity index (χ4v) is 2.88. The summed E-state index contributed by atoms with van der Waals surface area (Å²) < 4.78 is 1.62. The van der Waals surface area contributed by atoms with Crippen LogP contribution in [0.15, 0.2) is 54.1 Å². The number of nitrogens with one attached hydrogen (secondary N) is 2. The summed E-state index contributed by atoms with van der Waals surface area (Å²) in [5, 5.41) is 6.49. The van der Waals surface area contributed by atoms with Crippen molar-refractivity contribution in [1.82, 2.24) is 5.32 Å². The Morgan fingerprint density at radius 3 is 2.38 bits per heavy atom. The lowest BCUT2D eigenvalue weighted by Crippen LogP contribution is -2.30. The summed E-state index contributed by atoms with van der Waals surface area (Å²) in [5.41, 5.74) is 3.39. The topological polar surface area (TPSA) is 24.1 Å². The van der Waals surface area contributed by atoms with E-state index in [1.165, 1.54) is 17.3 Å². The zero-order valence-corrected chi connectivity index (χ0v) is 16.9. The van der Waals surface area contributed by atoms with Crippen LogP contribution in [0.4, 0.5) is 5.69 Å². The zero-order valence-electron chi connectivity index (χ0n) is 13.6. The van der Waals surface area contributed by atoms with Crippen LogP contribution in [0.1, 0.15) is 12.0 Å². The summed E-state index contributed by atoms with van der Waals surface area (Å²) in [7, 11) is 0. The van der Waals surface area contributed by atoms with Crippen LogP contribution in [0.25, 0.3) is 6.08 Å². The van der Waals surface area contributed by atoms with Gasteiger partial charge in [-0.15, -0.1) is 23.5 Å². The molecule has 0 aromatic heterocycles. The van der Waals surface area contributed by atoms with Crippen molar-refractivity contribution in [2.24, 2.45) is 0 Å². The van der Waals surface area contributed by atoms with Gasteiger partial charge in [-0.2, -0.15) is 0 Å². The highest BCUT2D eigenvalue weighted by atomic mass is 32.2. The maximum absolute atomic E-state index is 5.19. The number of allylic oxidation sites excluding steroid dienone is 3. The largest absolute Gasteiger partial charge is 0.364 e. The Morgan fingerprint density at radius 2 is 1.79 bits per heavy atom. The molecule has 2 N–H and O–H groups in total. The number of rotatable bonds is 4. The monoisotopic (exact) mass is 392 g/mol. The molecule has 0 spiro atoms. The SMILES string of the molecule is CSC(=S)Nc1ccc(/C=C/C2=CC[C@H](NC(=S)SC)C=C2)cc1. The molecule has 1 aliphatic carbocycles. The van der Waals surface area contributed by atoms with Gasteiger partial charge in [0.2, 0.25) is 0 Å². The second kappa shape index (κ2) is 10.0. The number of benzene rings is 1. The zero-order chi connectivity index (χ0) is 17.4. The van der Waals surface area contributed by atoms with Crippen molar-refractivity contribution in [3.05, 3.63) is 59.7 Å². The maximum Gasteiger partial charge on any atom is 0.137 e. The minimum atomic E-state index is 0.299. The second-order valence-corrected chi connectivity index (χ2v) is 8.08. The van der Waals surface area contributed by atoms with Crippen LogP contribution in [-0.4, -0.2) is 27.2 Å². The molecule has 1 aromatic carbocycles. The molecule has 2 nitrogen and oxygen atoms in total. The van der Waals surface area contributed by atoms with Crippen molar-refractivity contribution in [2.45, 2.75) is 12.5 Å². The molecule has 0 saturated heterocycles. The first-order chi connectivity index (χ1) is 11.6. The molecule has 6 heteroatoms. The smallest absolute Gasteiger partial charge is 0.137 e. The Labute approximate surface area is 163 Å². The molecule has 0 amide bonds. The minimum Gasteiger partial charge on any atom is -0.364 e. The van der Waals surface area contributed by atoms with Crippen molar-refractivity contribution in [3.63, 3.8) is 0 Å². The van der Waals surface area contributed by atoms with Crippen LogP contribution < -0.4 is 10.6 Å². The van der Waals surface area contributed by atoms with Gasteiger partial charge >= 0.3 is 0 Å². The fraction of sp³-hybridized carbons (Fsp3) is 0.222. The second-order valence-electron chi connectivity index (χ2n) is 5.11. The van der Waals surface area contributed by atoms with Gasteiger partial charge in [-0.3, -0.25) is 0 Å². The van der Waals surface area contributed by atoms with E-state index in [1.807, 2.05) is 24.6 Å². The lowest BCUT2D eigenvalue weighted by molar-refractivity contribution is 0.743. The van der Waals surface area contributed by atoms with Crippen LogP contribution in [0.5, 0.6) is 0 Å². The highest BCUT2D eigenvalue weighted by Gasteiger charge is 2.08. The standard InChI is InChI=1S/C18H20N2S4/c1-23-17(21)19-15-9-5-13(6-10-15)3-4-14-7-11-16(12-8-14)20-18(22)24-2/h3-11,16H,12H2,1-2H3,(H,19,21)(H,20,22)/b4-3+/t16-/m1/s1. The van der Waals surface area contributed by atoms with Crippen LogP contribution in [0.2, 0.25) is 0 Å². The molecule has 1 aliphatic rings. The molecule has 0 bridgehead atoms. The third-order valence-electron chi connectivity index (χ3n) is 3.43. The molecule has 2 rings (SSSR count). The Bertz CT molecular complexity index is 675. The Balaban J connectivity index is 1.89. The Morgan fingerprint density at radius 1 is 1.08 bits per heavy atom. The molecular weight excluding hydrogens is 372 g/mol. The summed E-state index contributed by atoms with van der Waals surface area (Å²) in [5.74, 6) is 0. The molecule has 1 atom stereocenters. The van der Waals surface area contributed by atoms with E-state index in [9.17, 15) is 0 Å². The fourth-order valence-electron chi connectivity index (χ4n) is 2.12. The summed E-state index contributed by atoms with van der Waals surface area (Å²) in [6, 6.07) is 8.53. The van der Waals surface area contributed by atoms with Crippen molar-refractivity contribution >= 4 is 68.4 Å². The third-order valence-corrected chi connectivity index (χ3v) is 5.61. The molecule has 1 aromatic rings. The van der Waals surface area contributed by atoms with Crippen molar-refractivity contribution in [1.29, 1.82) is 0 Å². The average Bonchev–Trinajstić information content (AvgIpc) is 2.62. The van der Waals surface area contributed by atoms with Crippen molar-refractivity contribution in [2.75, 3.05) is 17.8 Å². The highest BCUT2D eigenvalue weighted by molar-refractivity contribution is 8.23. The summed E-state index contributed by atoms with van der Waals surface area (Å²) in [4.78, 5) is 0. The van der Waals surface area contributed by atoms with Crippen LogP contribution in [0, 0.1) is 0 Å². The number of hydrogen-bond acceptors (Lipinski definition) is 4. The molecule has 0 aliphatic heterocycles. The van der Waals surface area contributed by atoms with E-state index in [0.717, 1.165) is 26.3 Å². The molecule has 24 heavy (non-hydrogen) atoms. The summed E-state index contributed by atoms with van der Waals surface area (Å²) >= 11 is 13.5. The quantitative estimate of drug-likeness (QED) is 0.679. The van der Waals surface area contributed by atoms with Gasteiger partial charge in [0, 0.05) is 11.7 Å². The Hall–Kier alpha value is -1.08. The molecule has 0 heterocycles. The number of anilines is 1. The van der Waals surface area contributed by atoms with E-state index in [-0.39, 0.29) is 0 Å². The average molecular weight is 393 g/mol. The van der Waals surface area contributed by atoms with Gasteiger partial charge in [0.25, 0.3) is 0 Å². The van der Waals surface area contributed by atoms with Gasteiger partial charge in [0.05, 0.1) is 0 Å². The predicted molar refractivity (Wildman–Crippen MR) is 120 cm³/mol. The maximum atomic E-state index is 5.19. The van der Waals surface area contributed by atoms with E-state index in [1.54, 1.807) is 11.8 Å². The van der Waals surface area contributed by atoms with Gasteiger partial charge in [-0.25, -0.2) is 0 Å².